The highest BCUT2D eigenvalue weighted by Crippen LogP contribution is 2.27. The van der Waals surface area contributed by atoms with Gasteiger partial charge in [-0.25, -0.2) is 9.78 Å². The lowest BCUT2D eigenvalue weighted by Gasteiger charge is -2.11. The van der Waals surface area contributed by atoms with Crippen molar-refractivity contribution in [3.05, 3.63) is 114 Å². The van der Waals surface area contributed by atoms with Crippen LogP contribution < -0.4 is 4.74 Å². The van der Waals surface area contributed by atoms with Crippen LogP contribution in [0.25, 0.3) is 21.8 Å². The SMILES string of the molecule is Cc1ccc(S(=O)(=O)OCCc2ccc(OC(=O)c3c4ccccc4nc4ccccc34)cc2)cc1. The number of rotatable bonds is 7. The van der Waals surface area contributed by atoms with E-state index in [4.69, 9.17) is 8.92 Å². The number of aromatic nitrogens is 1. The van der Waals surface area contributed by atoms with Crippen LogP contribution in [-0.4, -0.2) is 26.0 Å². The number of pyridine rings is 1. The molecule has 0 radical (unpaired) electrons. The van der Waals surface area contributed by atoms with Crippen molar-refractivity contribution in [3.63, 3.8) is 0 Å². The number of fused-ring (bicyclic) bond motifs is 2. The zero-order valence-corrected chi connectivity index (χ0v) is 20.4. The monoisotopic (exact) mass is 497 g/mol. The Morgan fingerprint density at radius 3 is 1.97 bits per heavy atom. The molecule has 0 N–H and O–H groups in total. The van der Waals surface area contributed by atoms with Gasteiger partial charge >= 0.3 is 5.97 Å². The van der Waals surface area contributed by atoms with Gasteiger partial charge in [0.1, 0.15) is 5.75 Å². The molecule has 6 nitrogen and oxygen atoms in total. The van der Waals surface area contributed by atoms with E-state index >= 15 is 0 Å². The van der Waals surface area contributed by atoms with E-state index in [9.17, 15) is 13.2 Å². The fourth-order valence-electron chi connectivity index (χ4n) is 3.98. The van der Waals surface area contributed by atoms with E-state index in [0.29, 0.717) is 17.7 Å². The predicted molar refractivity (Wildman–Crippen MR) is 139 cm³/mol. The number of para-hydroxylation sites is 2. The molecule has 0 saturated carbocycles. The van der Waals surface area contributed by atoms with Crippen LogP contribution in [0, 0.1) is 6.92 Å². The summed E-state index contributed by atoms with van der Waals surface area (Å²) in [5.41, 5.74) is 3.74. The molecule has 4 aromatic carbocycles. The Balaban J connectivity index is 1.28. The van der Waals surface area contributed by atoms with Gasteiger partial charge in [0.15, 0.2) is 0 Å². The Hall–Kier alpha value is -4.07. The average molecular weight is 498 g/mol. The highest BCUT2D eigenvalue weighted by molar-refractivity contribution is 7.86. The Morgan fingerprint density at radius 2 is 1.36 bits per heavy atom. The summed E-state index contributed by atoms with van der Waals surface area (Å²) in [6, 6.07) is 28.4. The van der Waals surface area contributed by atoms with Gasteiger partial charge in [-0.05, 0) is 55.3 Å². The third-order valence-corrected chi connectivity index (χ3v) is 7.19. The molecule has 180 valence electrons. The van der Waals surface area contributed by atoms with Gasteiger partial charge < -0.3 is 4.74 Å². The summed E-state index contributed by atoms with van der Waals surface area (Å²) in [5.74, 6) is -0.0769. The van der Waals surface area contributed by atoms with E-state index < -0.39 is 16.1 Å². The molecule has 0 bridgehead atoms. The number of esters is 1. The van der Waals surface area contributed by atoms with Crippen LogP contribution in [0.4, 0.5) is 0 Å². The fourth-order valence-corrected chi connectivity index (χ4v) is 4.89. The molecule has 0 spiro atoms. The first-order valence-corrected chi connectivity index (χ1v) is 12.9. The van der Waals surface area contributed by atoms with Crippen LogP contribution in [0.1, 0.15) is 21.5 Å². The molecular weight excluding hydrogens is 474 g/mol. The number of nitrogens with zero attached hydrogens (tertiary/aromatic N) is 1. The predicted octanol–water partition coefficient (Wildman–Crippen LogP) is 5.86. The number of carbonyl (C=O) groups excluding carboxylic acids is 1. The molecule has 5 rings (SSSR count). The lowest BCUT2D eigenvalue weighted by Crippen LogP contribution is -2.11. The number of aryl methyl sites for hydroxylation is 1. The van der Waals surface area contributed by atoms with Gasteiger partial charge in [0.05, 0.1) is 28.1 Å². The molecule has 7 heteroatoms. The summed E-state index contributed by atoms with van der Waals surface area (Å²) in [5, 5.41) is 1.45. The Bertz CT molecular complexity index is 1610. The van der Waals surface area contributed by atoms with Crippen LogP contribution in [0.15, 0.2) is 102 Å². The van der Waals surface area contributed by atoms with Crippen LogP contribution in [0.3, 0.4) is 0 Å². The van der Waals surface area contributed by atoms with Crippen LogP contribution >= 0.6 is 0 Å². The van der Waals surface area contributed by atoms with Gasteiger partial charge in [0.25, 0.3) is 10.1 Å². The topological polar surface area (TPSA) is 82.6 Å². The molecule has 0 amide bonds. The van der Waals surface area contributed by atoms with Gasteiger partial charge in [-0.15, -0.1) is 0 Å². The van der Waals surface area contributed by atoms with E-state index in [1.807, 2.05) is 55.5 Å². The highest BCUT2D eigenvalue weighted by Gasteiger charge is 2.18. The van der Waals surface area contributed by atoms with Crippen LogP contribution in [-0.2, 0) is 20.7 Å². The van der Waals surface area contributed by atoms with Crippen molar-refractivity contribution in [2.24, 2.45) is 0 Å². The van der Waals surface area contributed by atoms with E-state index in [-0.39, 0.29) is 11.5 Å². The van der Waals surface area contributed by atoms with Gasteiger partial charge in [0, 0.05) is 10.8 Å². The lowest BCUT2D eigenvalue weighted by atomic mass is 10.0. The van der Waals surface area contributed by atoms with Crippen LogP contribution in [0.5, 0.6) is 5.75 Å². The molecule has 1 heterocycles. The fraction of sp³-hybridized carbons (Fsp3) is 0.103. The van der Waals surface area contributed by atoms with Crippen molar-refractivity contribution >= 4 is 37.9 Å². The second-order valence-corrected chi connectivity index (χ2v) is 10.0. The van der Waals surface area contributed by atoms with Crippen molar-refractivity contribution in [1.82, 2.24) is 4.98 Å². The Labute approximate surface area is 209 Å². The van der Waals surface area contributed by atoms with Gasteiger partial charge in [-0.2, -0.15) is 8.42 Å². The molecule has 0 unspecified atom stereocenters. The van der Waals surface area contributed by atoms with Gasteiger partial charge in [-0.3, -0.25) is 4.18 Å². The Morgan fingerprint density at radius 1 is 0.778 bits per heavy atom. The minimum absolute atomic E-state index is 0.00430. The number of carbonyl (C=O) groups is 1. The number of ether oxygens (including phenoxy) is 1. The summed E-state index contributed by atoms with van der Waals surface area (Å²) < 4.78 is 35.6. The smallest absolute Gasteiger partial charge is 0.344 e. The summed E-state index contributed by atoms with van der Waals surface area (Å²) in [6.45, 7) is 1.89. The second kappa shape index (κ2) is 9.89. The van der Waals surface area contributed by atoms with Crippen molar-refractivity contribution < 1.29 is 22.1 Å². The quantitative estimate of drug-likeness (QED) is 0.121. The van der Waals surface area contributed by atoms with Crippen LogP contribution in [0.2, 0.25) is 0 Å². The minimum Gasteiger partial charge on any atom is -0.423 e. The van der Waals surface area contributed by atoms with Crippen molar-refractivity contribution in [3.8, 4) is 5.75 Å². The molecule has 0 fully saturated rings. The van der Waals surface area contributed by atoms with Crippen molar-refractivity contribution in [2.45, 2.75) is 18.2 Å². The third-order valence-electron chi connectivity index (χ3n) is 5.86. The summed E-state index contributed by atoms with van der Waals surface area (Å²) >= 11 is 0. The van der Waals surface area contributed by atoms with E-state index in [0.717, 1.165) is 32.9 Å². The maximum Gasteiger partial charge on any atom is 0.344 e. The zero-order valence-electron chi connectivity index (χ0n) is 19.5. The van der Waals surface area contributed by atoms with Gasteiger partial charge in [0.2, 0.25) is 0 Å². The lowest BCUT2D eigenvalue weighted by molar-refractivity contribution is 0.0738. The van der Waals surface area contributed by atoms with E-state index in [1.165, 1.54) is 12.1 Å². The van der Waals surface area contributed by atoms with Crippen molar-refractivity contribution in [1.29, 1.82) is 0 Å². The molecule has 0 aliphatic carbocycles. The molecule has 0 saturated heterocycles. The first-order valence-electron chi connectivity index (χ1n) is 11.5. The standard InChI is InChI=1S/C29H23NO5S/c1-20-10-16-23(17-11-20)36(32,33)34-19-18-21-12-14-22(15-13-21)35-29(31)28-24-6-2-4-8-26(24)30-27-9-5-3-7-25(27)28/h2-17H,18-19H2,1H3. The number of benzene rings is 4. The van der Waals surface area contributed by atoms with Crippen molar-refractivity contribution in [2.75, 3.05) is 6.61 Å². The van der Waals surface area contributed by atoms with Gasteiger partial charge in [-0.1, -0.05) is 66.2 Å². The zero-order chi connectivity index (χ0) is 25.1. The Kier molecular flexibility index (Phi) is 6.50. The molecule has 1 aromatic heterocycles. The maximum atomic E-state index is 13.2. The van der Waals surface area contributed by atoms with E-state index in [1.54, 1.807) is 36.4 Å². The minimum atomic E-state index is -3.81. The summed E-state index contributed by atoms with van der Waals surface area (Å²) in [4.78, 5) is 18.0. The maximum absolute atomic E-state index is 13.2. The average Bonchev–Trinajstić information content (AvgIpc) is 2.88. The molecular formula is C29H23NO5S. The largest absolute Gasteiger partial charge is 0.423 e. The molecule has 36 heavy (non-hydrogen) atoms. The summed E-state index contributed by atoms with van der Waals surface area (Å²) in [7, 11) is -3.81. The second-order valence-electron chi connectivity index (χ2n) is 8.39. The first kappa shape index (κ1) is 23.7. The number of hydrogen-bond acceptors (Lipinski definition) is 6. The summed E-state index contributed by atoms with van der Waals surface area (Å²) in [6.07, 6.45) is 0.388. The molecule has 0 aliphatic rings. The van der Waals surface area contributed by atoms with E-state index in [2.05, 4.69) is 4.98 Å². The highest BCUT2D eigenvalue weighted by atomic mass is 32.2. The normalized spacial score (nSPS) is 11.6. The molecule has 0 aliphatic heterocycles. The molecule has 0 atom stereocenters. The molecule has 5 aromatic rings. The third kappa shape index (κ3) is 4.98. The first-order chi connectivity index (χ1) is 17.4. The number of hydrogen-bond donors (Lipinski definition) is 0.